The topological polar surface area (TPSA) is 57.7 Å². The Morgan fingerprint density at radius 1 is 1.06 bits per heavy atom. The van der Waals surface area contributed by atoms with Crippen molar-refractivity contribution >= 4 is 17.8 Å². The third-order valence-electron chi connectivity index (χ3n) is 2.68. The summed E-state index contributed by atoms with van der Waals surface area (Å²) in [4.78, 5) is 36.7. The summed E-state index contributed by atoms with van der Waals surface area (Å²) in [6.45, 7) is 2.00. The fourth-order valence-electron chi connectivity index (χ4n) is 1.64. The van der Waals surface area contributed by atoms with Crippen molar-refractivity contribution < 1.29 is 43.9 Å². The number of urea groups is 1. The average molecular weight is 235 g/mol. The van der Waals surface area contributed by atoms with Gasteiger partial charge in [-0.2, -0.15) is 0 Å². The van der Waals surface area contributed by atoms with E-state index in [1.54, 1.807) is 0 Å². The summed E-state index contributed by atoms with van der Waals surface area (Å²) in [5, 5.41) is 0. The number of barbiturate groups is 1. The molecule has 0 saturated carbocycles. The largest absolute Gasteiger partial charge is 1.00 e. The summed E-state index contributed by atoms with van der Waals surface area (Å²) >= 11 is 0. The first-order valence-electron chi connectivity index (χ1n) is 5.09. The Kier molecular flexibility index (Phi) is 6.22. The third-order valence-corrected chi connectivity index (χ3v) is 2.68. The summed E-state index contributed by atoms with van der Waals surface area (Å²) in [6.07, 6.45) is 2.27. The number of nitrogens with zero attached hydrogens (tertiary/aromatic N) is 2. The molecule has 0 aromatic carbocycles. The van der Waals surface area contributed by atoms with Crippen LogP contribution in [0.2, 0.25) is 0 Å². The molecule has 84 valence electrons. The minimum Gasteiger partial charge on any atom is -0.273 e. The summed E-state index contributed by atoms with van der Waals surface area (Å²) in [5.74, 6) is -1.43. The fourth-order valence-corrected chi connectivity index (χ4v) is 1.64. The molecule has 0 N–H and O–H groups in total. The number of hydrogen-bond acceptors (Lipinski definition) is 3. The molecule has 1 saturated heterocycles. The van der Waals surface area contributed by atoms with Crippen LogP contribution in [0.3, 0.4) is 0 Å². The first-order chi connectivity index (χ1) is 7.00. The molecule has 1 rings (SSSR count). The monoisotopic (exact) mass is 235 g/mol. The zero-order valence-electron chi connectivity index (χ0n) is 10.3. The second kappa shape index (κ2) is 6.37. The summed E-state index contributed by atoms with van der Waals surface area (Å²) < 4.78 is 0. The first-order valence-corrected chi connectivity index (χ1v) is 5.09. The molecule has 16 heavy (non-hydrogen) atoms. The maximum atomic E-state index is 11.7. The smallest absolute Gasteiger partial charge is 0.273 e. The van der Waals surface area contributed by atoms with E-state index in [-0.39, 0.29) is 41.4 Å². The van der Waals surface area contributed by atoms with E-state index in [1.165, 1.54) is 14.1 Å². The van der Waals surface area contributed by atoms with E-state index in [9.17, 15) is 14.4 Å². The Hall–Kier alpha value is -0.390. The van der Waals surface area contributed by atoms with Crippen molar-refractivity contribution in [1.29, 1.82) is 0 Å². The summed E-state index contributed by atoms with van der Waals surface area (Å²) in [6, 6.07) is -0.544. The SMILES string of the molecule is CCCCC1C(=O)N(C)C(=O)N(C)C1=O.[Na+]. The van der Waals surface area contributed by atoms with Crippen molar-refractivity contribution in [2.24, 2.45) is 5.92 Å². The van der Waals surface area contributed by atoms with Gasteiger partial charge in [0.25, 0.3) is 0 Å². The van der Waals surface area contributed by atoms with Gasteiger partial charge in [0, 0.05) is 14.1 Å². The van der Waals surface area contributed by atoms with E-state index >= 15 is 0 Å². The van der Waals surface area contributed by atoms with E-state index in [4.69, 9.17) is 0 Å². The molecule has 0 aliphatic carbocycles. The molecule has 6 heteroatoms. The Bertz CT molecular complexity index is 282. The van der Waals surface area contributed by atoms with Gasteiger partial charge < -0.3 is 0 Å². The number of unbranched alkanes of at least 4 members (excludes halogenated alkanes) is 1. The number of carbonyl (C=O) groups excluding carboxylic acids is 3. The second-order valence-electron chi connectivity index (χ2n) is 3.77. The normalized spacial score (nSPS) is 17.8. The standard InChI is InChI=1S/C10H16N2O3.Na/c1-4-5-6-7-8(13)11(2)10(15)12(3)9(7)14;/h7H,4-6H2,1-3H3;/q;+1. The molecule has 0 radical (unpaired) electrons. The van der Waals surface area contributed by atoms with Crippen molar-refractivity contribution in [2.45, 2.75) is 26.2 Å². The molecule has 0 spiro atoms. The van der Waals surface area contributed by atoms with Gasteiger partial charge in [-0.3, -0.25) is 19.4 Å². The summed E-state index contributed by atoms with van der Waals surface area (Å²) in [7, 11) is 2.82. The molecule has 0 atom stereocenters. The van der Waals surface area contributed by atoms with Gasteiger partial charge in [-0.15, -0.1) is 0 Å². The molecular formula is C10H16N2NaO3+. The zero-order valence-corrected chi connectivity index (χ0v) is 12.3. The van der Waals surface area contributed by atoms with E-state index in [2.05, 4.69) is 0 Å². The molecule has 0 unspecified atom stereocenters. The maximum absolute atomic E-state index is 11.7. The molecular weight excluding hydrogens is 219 g/mol. The molecule has 4 amide bonds. The predicted octanol–water partition coefficient (Wildman–Crippen LogP) is -2.15. The van der Waals surface area contributed by atoms with Gasteiger partial charge in [0.2, 0.25) is 11.8 Å². The van der Waals surface area contributed by atoms with Crippen molar-refractivity contribution in [3.63, 3.8) is 0 Å². The van der Waals surface area contributed by atoms with Crippen LogP contribution in [0.5, 0.6) is 0 Å². The Balaban J connectivity index is 0.00000225. The van der Waals surface area contributed by atoms with Gasteiger partial charge in [-0.25, -0.2) is 4.79 Å². The van der Waals surface area contributed by atoms with Crippen LogP contribution >= 0.6 is 0 Å². The number of amides is 4. The van der Waals surface area contributed by atoms with Crippen LogP contribution in [0.15, 0.2) is 0 Å². The zero-order chi connectivity index (χ0) is 11.6. The van der Waals surface area contributed by atoms with Crippen LogP contribution in [0.1, 0.15) is 26.2 Å². The maximum Gasteiger partial charge on any atom is 1.00 e. The minimum atomic E-state index is -0.669. The Labute approximate surface area is 117 Å². The van der Waals surface area contributed by atoms with Gasteiger partial charge in [0.15, 0.2) is 0 Å². The van der Waals surface area contributed by atoms with Crippen LogP contribution in [-0.2, 0) is 9.59 Å². The molecule has 1 aliphatic rings. The summed E-state index contributed by atoms with van der Waals surface area (Å²) in [5.41, 5.74) is 0. The number of carbonyl (C=O) groups is 3. The van der Waals surface area contributed by atoms with Crippen LogP contribution in [-0.4, -0.2) is 41.7 Å². The number of rotatable bonds is 3. The van der Waals surface area contributed by atoms with Gasteiger partial charge in [0.1, 0.15) is 5.92 Å². The van der Waals surface area contributed by atoms with Gasteiger partial charge in [-0.05, 0) is 6.42 Å². The van der Waals surface area contributed by atoms with E-state index in [1.807, 2.05) is 6.92 Å². The third kappa shape index (κ3) is 2.84. The van der Waals surface area contributed by atoms with Crippen LogP contribution in [0, 0.1) is 5.92 Å². The van der Waals surface area contributed by atoms with Gasteiger partial charge in [-0.1, -0.05) is 19.8 Å². The molecule has 1 aliphatic heterocycles. The van der Waals surface area contributed by atoms with Crippen molar-refractivity contribution in [3.8, 4) is 0 Å². The van der Waals surface area contributed by atoms with Crippen molar-refractivity contribution in [3.05, 3.63) is 0 Å². The second-order valence-corrected chi connectivity index (χ2v) is 3.77. The van der Waals surface area contributed by atoms with Crippen LogP contribution in [0.4, 0.5) is 4.79 Å². The van der Waals surface area contributed by atoms with E-state index in [0.29, 0.717) is 6.42 Å². The van der Waals surface area contributed by atoms with Crippen molar-refractivity contribution in [2.75, 3.05) is 14.1 Å². The fraction of sp³-hybridized carbons (Fsp3) is 0.700. The predicted molar refractivity (Wildman–Crippen MR) is 54.0 cm³/mol. The van der Waals surface area contributed by atoms with E-state index < -0.39 is 11.9 Å². The van der Waals surface area contributed by atoms with E-state index in [0.717, 1.165) is 22.6 Å². The van der Waals surface area contributed by atoms with Gasteiger partial charge >= 0.3 is 35.6 Å². The molecule has 0 aromatic heterocycles. The van der Waals surface area contributed by atoms with Crippen LogP contribution < -0.4 is 29.6 Å². The Morgan fingerprint density at radius 2 is 1.50 bits per heavy atom. The molecule has 0 bridgehead atoms. The molecule has 0 aromatic rings. The van der Waals surface area contributed by atoms with Crippen LogP contribution in [0.25, 0.3) is 0 Å². The number of imide groups is 2. The van der Waals surface area contributed by atoms with Gasteiger partial charge in [0.05, 0.1) is 0 Å². The first kappa shape index (κ1) is 15.6. The van der Waals surface area contributed by atoms with Crippen molar-refractivity contribution in [1.82, 2.24) is 9.80 Å². The molecule has 5 nitrogen and oxygen atoms in total. The number of hydrogen-bond donors (Lipinski definition) is 0. The quantitative estimate of drug-likeness (QED) is 0.414. The molecule has 1 fully saturated rings. The Morgan fingerprint density at radius 3 is 1.88 bits per heavy atom. The average Bonchev–Trinajstić information content (AvgIpc) is 2.24. The minimum absolute atomic E-state index is 0. The molecule has 1 heterocycles.